The lowest BCUT2D eigenvalue weighted by atomic mass is 10.1. The Labute approximate surface area is 161 Å². The molecule has 2 aromatic carbocycles. The first-order valence-corrected chi connectivity index (χ1v) is 9.13. The molecule has 0 aromatic heterocycles. The monoisotopic (exact) mass is 371 g/mol. The predicted molar refractivity (Wildman–Crippen MR) is 107 cm³/mol. The maximum absolute atomic E-state index is 12.9. The fraction of sp³-hybridized carbons (Fsp3) is 0.409. The summed E-state index contributed by atoms with van der Waals surface area (Å²) in [5.41, 5.74) is 2.05. The van der Waals surface area contributed by atoms with Gasteiger partial charge in [0, 0.05) is 19.0 Å². The van der Waals surface area contributed by atoms with Gasteiger partial charge in [-0.1, -0.05) is 36.4 Å². The van der Waals surface area contributed by atoms with Gasteiger partial charge in [0.25, 0.3) is 0 Å². The SMILES string of the molecule is COc1ccc(CCC(=O)N(Cc2ccccc2)C(C)C)c(OC)c1OC. The summed E-state index contributed by atoms with van der Waals surface area (Å²) in [6, 6.07) is 13.9. The van der Waals surface area contributed by atoms with Gasteiger partial charge in [0.2, 0.25) is 11.7 Å². The van der Waals surface area contributed by atoms with Crippen molar-refractivity contribution in [1.29, 1.82) is 0 Å². The summed E-state index contributed by atoms with van der Waals surface area (Å²) in [7, 11) is 4.76. The molecule has 0 aliphatic rings. The van der Waals surface area contributed by atoms with Crippen LogP contribution in [-0.4, -0.2) is 38.2 Å². The number of benzene rings is 2. The Morgan fingerprint density at radius 3 is 2.15 bits per heavy atom. The smallest absolute Gasteiger partial charge is 0.223 e. The molecule has 0 heterocycles. The number of carbonyl (C=O) groups is 1. The summed E-state index contributed by atoms with van der Waals surface area (Å²) in [6.45, 7) is 4.69. The minimum atomic E-state index is 0.116. The second-order valence-electron chi connectivity index (χ2n) is 6.59. The average Bonchev–Trinajstić information content (AvgIpc) is 2.69. The minimum absolute atomic E-state index is 0.116. The van der Waals surface area contributed by atoms with Crippen molar-refractivity contribution in [2.45, 2.75) is 39.3 Å². The Hall–Kier alpha value is -2.69. The molecule has 0 radical (unpaired) electrons. The first-order valence-electron chi connectivity index (χ1n) is 9.13. The van der Waals surface area contributed by atoms with Gasteiger partial charge in [-0.2, -0.15) is 0 Å². The summed E-state index contributed by atoms with van der Waals surface area (Å²) in [6.07, 6.45) is 0.969. The van der Waals surface area contributed by atoms with Crippen molar-refractivity contribution >= 4 is 5.91 Å². The van der Waals surface area contributed by atoms with Gasteiger partial charge in [0.1, 0.15) is 0 Å². The highest BCUT2D eigenvalue weighted by Crippen LogP contribution is 2.40. The van der Waals surface area contributed by atoms with E-state index in [9.17, 15) is 4.79 Å². The molecular weight excluding hydrogens is 342 g/mol. The van der Waals surface area contributed by atoms with Gasteiger partial charge in [0.15, 0.2) is 11.5 Å². The number of aryl methyl sites for hydroxylation is 1. The van der Waals surface area contributed by atoms with Crippen LogP contribution in [0.25, 0.3) is 0 Å². The lowest BCUT2D eigenvalue weighted by Crippen LogP contribution is -2.36. The van der Waals surface area contributed by atoms with Gasteiger partial charge >= 0.3 is 0 Å². The molecule has 0 N–H and O–H groups in total. The number of carbonyl (C=O) groups excluding carboxylic acids is 1. The summed E-state index contributed by atoms with van der Waals surface area (Å²) in [4.78, 5) is 14.8. The zero-order valence-electron chi connectivity index (χ0n) is 16.8. The summed E-state index contributed by atoms with van der Waals surface area (Å²) in [5, 5.41) is 0. The van der Waals surface area contributed by atoms with E-state index in [4.69, 9.17) is 14.2 Å². The van der Waals surface area contributed by atoms with E-state index in [1.54, 1.807) is 21.3 Å². The van der Waals surface area contributed by atoms with Crippen LogP contribution in [0.2, 0.25) is 0 Å². The van der Waals surface area contributed by atoms with Crippen LogP contribution >= 0.6 is 0 Å². The minimum Gasteiger partial charge on any atom is -0.493 e. The molecule has 1 amide bonds. The largest absolute Gasteiger partial charge is 0.493 e. The average molecular weight is 371 g/mol. The highest BCUT2D eigenvalue weighted by Gasteiger charge is 2.20. The molecule has 27 heavy (non-hydrogen) atoms. The van der Waals surface area contributed by atoms with Crippen molar-refractivity contribution in [3.63, 3.8) is 0 Å². The highest BCUT2D eigenvalue weighted by atomic mass is 16.5. The molecule has 5 heteroatoms. The standard InChI is InChI=1S/C22H29NO4/c1-16(2)23(15-17-9-7-6-8-10-17)20(24)14-12-18-11-13-19(25-3)22(27-5)21(18)26-4/h6-11,13,16H,12,14-15H2,1-5H3. The molecular formula is C22H29NO4. The zero-order valence-corrected chi connectivity index (χ0v) is 16.8. The number of nitrogens with zero attached hydrogens (tertiary/aromatic N) is 1. The highest BCUT2D eigenvalue weighted by molar-refractivity contribution is 5.77. The first-order chi connectivity index (χ1) is 13.0. The Bertz CT molecular complexity index is 743. The van der Waals surface area contributed by atoms with Crippen LogP contribution in [0.1, 0.15) is 31.4 Å². The summed E-state index contributed by atoms with van der Waals surface area (Å²) < 4.78 is 16.3. The maximum Gasteiger partial charge on any atom is 0.223 e. The number of hydrogen-bond donors (Lipinski definition) is 0. The van der Waals surface area contributed by atoms with Crippen LogP contribution in [0, 0.1) is 0 Å². The van der Waals surface area contributed by atoms with Gasteiger partial charge in [-0.25, -0.2) is 0 Å². The molecule has 0 unspecified atom stereocenters. The van der Waals surface area contributed by atoms with Crippen LogP contribution in [0.4, 0.5) is 0 Å². The van der Waals surface area contributed by atoms with Gasteiger partial charge in [0.05, 0.1) is 21.3 Å². The lowest BCUT2D eigenvalue weighted by molar-refractivity contribution is -0.133. The number of ether oxygens (including phenoxy) is 3. The Morgan fingerprint density at radius 2 is 1.59 bits per heavy atom. The van der Waals surface area contributed by atoms with Crippen LogP contribution < -0.4 is 14.2 Å². The van der Waals surface area contributed by atoms with Gasteiger partial charge in [-0.05, 0) is 37.5 Å². The molecule has 0 bridgehead atoms. The Kier molecular flexibility index (Phi) is 7.53. The first kappa shape index (κ1) is 20.6. The zero-order chi connectivity index (χ0) is 19.8. The third-order valence-electron chi connectivity index (χ3n) is 4.53. The molecule has 0 aliphatic heterocycles. The molecule has 0 aliphatic carbocycles. The van der Waals surface area contributed by atoms with E-state index in [2.05, 4.69) is 0 Å². The third kappa shape index (κ3) is 5.16. The quantitative estimate of drug-likeness (QED) is 0.666. The summed E-state index contributed by atoms with van der Waals surface area (Å²) in [5.74, 6) is 1.89. The fourth-order valence-electron chi connectivity index (χ4n) is 3.08. The lowest BCUT2D eigenvalue weighted by Gasteiger charge is -2.27. The predicted octanol–water partition coefficient (Wildman–Crippen LogP) is 4.08. The maximum atomic E-state index is 12.9. The van der Waals surface area contributed by atoms with Crippen molar-refractivity contribution in [3.8, 4) is 17.2 Å². The third-order valence-corrected chi connectivity index (χ3v) is 4.53. The second kappa shape index (κ2) is 9.86. The van der Waals surface area contributed by atoms with Crippen molar-refractivity contribution in [3.05, 3.63) is 53.6 Å². The van der Waals surface area contributed by atoms with Gasteiger partial charge in [-0.15, -0.1) is 0 Å². The van der Waals surface area contributed by atoms with Crippen LogP contribution in [0.5, 0.6) is 17.2 Å². The molecule has 0 fully saturated rings. The molecule has 0 spiro atoms. The van der Waals surface area contributed by atoms with Crippen LogP contribution in [0.15, 0.2) is 42.5 Å². The fourth-order valence-corrected chi connectivity index (χ4v) is 3.08. The molecule has 0 saturated heterocycles. The van der Waals surface area contributed by atoms with Crippen LogP contribution in [-0.2, 0) is 17.8 Å². The second-order valence-corrected chi connectivity index (χ2v) is 6.59. The van der Waals surface area contributed by atoms with Crippen molar-refractivity contribution in [2.75, 3.05) is 21.3 Å². The molecule has 146 valence electrons. The Balaban J connectivity index is 2.13. The summed E-state index contributed by atoms with van der Waals surface area (Å²) >= 11 is 0. The van der Waals surface area contributed by atoms with Gasteiger partial charge in [-0.3, -0.25) is 4.79 Å². The van der Waals surface area contributed by atoms with Crippen molar-refractivity contribution in [2.24, 2.45) is 0 Å². The van der Waals surface area contributed by atoms with E-state index in [-0.39, 0.29) is 11.9 Å². The molecule has 0 saturated carbocycles. The van der Waals surface area contributed by atoms with Crippen LogP contribution in [0.3, 0.4) is 0 Å². The van der Waals surface area contributed by atoms with Crippen molar-refractivity contribution < 1.29 is 19.0 Å². The number of amides is 1. The van der Waals surface area contributed by atoms with E-state index < -0.39 is 0 Å². The Morgan fingerprint density at radius 1 is 0.926 bits per heavy atom. The van der Waals surface area contributed by atoms with E-state index in [1.807, 2.05) is 61.2 Å². The number of methoxy groups -OCH3 is 3. The van der Waals surface area contributed by atoms with E-state index in [0.717, 1.165) is 11.1 Å². The molecule has 2 rings (SSSR count). The topological polar surface area (TPSA) is 48.0 Å². The van der Waals surface area contributed by atoms with E-state index in [0.29, 0.717) is 36.6 Å². The van der Waals surface area contributed by atoms with Crippen molar-refractivity contribution in [1.82, 2.24) is 4.90 Å². The number of hydrogen-bond acceptors (Lipinski definition) is 4. The van der Waals surface area contributed by atoms with E-state index in [1.165, 1.54) is 0 Å². The molecule has 0 atom stereocenters. The van der Waals surface area contributed by atoms with Gasteiger partial charge < -0.3 is 19.1 Å². The number of rotatable bonds is 9. The molecule has 2 aromatic rings. The molecule has 5 nitrogen and oxygen atoms in total. The van der Waals surface area contributed by atoms with E-state index >= 15 is 0 Å². The normalized spacial score (nSPS) is 10.6.